The molecule has 0 aliphatic rings. The van der Waals surface area contributed by atoms with Gasteiger partial charge in [-0.25, -0.2) is 12.8 Å². The van der Waals surface area contributed by atoms with E-state index in [1.165, 1.54) is 28.4 Å². The average molecular weight is 449 g/mol. The molecule has 0 aliphatic heterocycles. The number of benzene rings is 2. The number of halogens is 1. The maximum atomic E-state index is 13.0. The molecule has 9 heteroatoms. The van der Waals surface area contributed by atoms with Gasteiger partial charge < -0.3 is 9.64 Å². The van der Waals surface area contributed by atoms with Gasteiger partial charge in [0.05, 0.1) is 5.69 Å². The normalized spacial score (nSPS) is 11.2. The minimum atomic E-state index is -3.60. The molecule has 0 bridgehead atoms. The van der Waals surface area contributed by atoms with Crippen molar-refractivity contribution >= 4 is 33.0 Å². The minimum absolute atomic E-state index is 0.166. The molecular formula is C21H21FN2O4S2. The third-order valence-corrected chi connectivity index (χ3v) is 7.59. The maximum Gasteiger partial charge on any atom is 0.273 e. The number of nitrogens with zero attached hydrogens (tertiary/aromatic N) is 2. The third kappa shape index (κ3) is 5.17. The van der Waals surface area contributed by atoms with Crippen molar-refractivity contribution in [2.24, 2.45) is 0 Å². The summed E-state index contributed by atoms with van der Waals surface area (Å²) in [5.41, 5.74) is 1.29. The lowest BCUT2D eigenvalue weighted by molar-refractivity contribution is -0.132. The molecule has 30 heavy (non-hydrogen) atoms. The fraction of sp³-hybridized carbons (Fsp3) is 0.190. The van der Waals surface area contributed by atoms with Crippen LogP contribution >= 0.6 is 11.3 Å². The highest BCUT2D eigenvalue weighted by Crippen LogP contribution is 2.26. The van der Waals surface area contributed by atoms with Crippen LogP contribution in [0.1, 0.15) is 5.56 Å². The molecule has 0 atom stereocenters. The standard InChI is InChI=1S/C21H21FN2O4S2/c1-23(14-16-5-7-17(22)8-6-16)20(25)15-28-19-11-9-18(10-12-19)24(2)30(26,27)21-4-3-13-29-21/h3-13H,14-15H2,1-2H3. The Morgan fingerprint density at radius 1 is 1.03 bits per heavy atom. The van der Waals surface area contributed by atoms with E-state index in [9.17, 15) is 17.6 Å². The number of thiophene rings is 1. The zero-order chi connectivity index (χ0) is 21.7. The van der Waals surface area contributed by atoms with Crippen LogP contribution in [-0.2, 0) is 21.4 Å². The number of likely N-dealkylation sites (N-methyl/N-ethyl adjacent to an activating group) is 1. The Morgan fingerprint density at radius 2 is 1.70 bits per heavy atom. The van der Waals surface area contributed by atoms with Gasteiger partial charge in [-0.3, -0.25) is 9.10 Å². The van der Waals surface area contributed by atoms with E-state index in [-0.39, 0.29) is 22.5 Å². The fourth-order valence-corrected chi connectivity index (χ4v) is 5.00. The molecule has 3 rings (SSSR count). The largest absolute Gasteiger partial charge is 0.484 e. The van der Waals surface area contributed by atoms with Gasteiger partial charge in [-0.2, -0.15) is 0 Å². The summed E-state index contributed by atoms with van der Waals surface area (Å²) < 4.78 is 45.1. The Morgan fingerprint density at radius 3 is 2.30 bits per heavy atom. The van der Waals surface area contributed by atoms with Crippen LogP contribution in [-0.4, -0.2) is 39.9 Å². The smallest absolute Gasteiger partial charge is 0.273 e. The van der Waals surface area contributed by atoms with Crippen LogP contribution in [0.3, 0.4) is 0 Å². The van der Waals surface area contributed by atoms with Crippen molar-refractivity contribution in [1.82, 2.24) is 4.90 Å². The molecule has 0 fully saturated rings. The summed E-state index contributed by atoms with van der Waals surface area (Å²) in [5, 5.41) is 1.71. The summed E-state index contributed by atoms with van der Waals surface area (Å²) in [6, 6.07) is 15.7. The van der Waals surface area contributed by atoms with E-state index < -0.39 is 10.0 Å². The van der Waals surface area contributed by atoms with Crippen LogP contribution in [0.5, 0.6) is 5.75 Å². The van der Waals surface area contributed by atoms with E-state index in [0.29, 0.717) is 18.0 Å². The predicted octanol–water partition coefficient (Wildman–Crippen LogP) is 3.75. The molecule has 0 spiro atoms. The molecule has 1 aromatic heterocycles. The van der Waals surface area contributed by atoms with Crippen molar-refractivity contribution < 1.29 is 22.3 Å². The van der Waals surface area contributed by atoms with Gasteiger partial charge in [0.1, 0.15) is 15.8 Å². The first-order valence-corrected chi connectivity index (χ1v) is 11.3. The first-order valence-electron chi connectivity index (χ1n) is 9.01. The Kier molecular flexibility index (Phi) is 6.73. The molecule has 6 nitrogen and oxygen atoms in total. The highest BCUT2D eigenvalue weighted by Gasteiger charge is 2.22. The summed E-state index contributed by atoms with van der Waals surface area (Å²) in [6.07, 6.45) is 0. The van der Waals surface area contributed by atoms with Crippen molar-refractivity contribution in [3.8, 4) is 5.75 Å². The molecule has 0 unspecified atom stereocenters. The third-order valence-electron chi connectivity index (χ3n) is 4.43. The number of sulfonamides is 1. The van der Waals surface area contributed by atoms with Gasteiger partial charge in [0.15, 0.2) is 6.61 Å². The Hall–Kier alpha value is -2.91. The van der Waals surface area contributed by atoms with Gasteiger partial charge in [0.25, 0.3) is 15.9 Å². The Bertz CT molecular complexity index is 1080. The van der Waals surface area contributed by atoms with E-state index in [1.807, 2.05) is 0 Å². The topological polar surface area (TPSA) is 66.9 Å². The molecule has 3 aromatic rings. The maximum absolute atomic E-state index is 13.0. The lowest BCUT2D eigenvalue weighted by atomic mass is 10.2. The number of amides is 1. The summed E-state index contributed by atoms with van der Waals surface area (Å²) in [5.74, 6) is -0.113. The minimum Gasteiger partial charge on any atom is -0.484 e. The van der Waals surface area contributed by atoms with Gasteiger partial charge in [-0.15, -0.1) is 11.3 Å². The second-order valence-corrected chi connectivity index (χ2v) is 9.71. The summed E-state index contributed by atoms with van der Waals surface area (Å²) >= 11 is 1.16. The van der Waals surface area contributed by atoms with E-state index in [1.54, 1.807) is 61.0 Å². The fourth-order valence-electron chi connectivity index (χ4n) is 2.64. The van der Waals surface area contributed by atoms with Crippen molar-refractivity contribution in [3.05, 3.63) is 77.4 Å². The van der Waals surface area contributed by atoms with E-state index in [2.05, 4.69) is 0 Å². The molecule has 0 saturated heterocycles. The van der Waals surface area contributed by atoms with Crippen LogP contribution < -0.4 is 9.04 Å². The Balaban J connectivity index is 1.56. The molecule has 1 heterocycles. The van der Waals surface area contributed by atoms with Crippen LogP contribution in [0.15, 0.2) is 70.3 Å². The van der Waals surface area contributed by atoms with Crippen LogP contribution in [0, 0.1) is 5.82 Å². The molecule has 158 valence electrons. The van der Waals surface area contributed by atoms with E-state index in [0.717, 1.165) is 16.9 Å². The van der Waals surface area contributed by atoms with Crippen LogP contribution in [0.25, 0.3) is 0 Å². The van der Waals surface area contributed by atoms with Crippen molar-refractivity contribution in [2.45, 2.75) is 10.8 Å². The number of ether oxygens (including phenoxy) is 1. The molecule has 0 aliphatic carbocycles. The average Bonchev–Trinajstić information content (AvgIpc) is 3.29. The summed E-state index contributed by atoms with van der Waals surface area (Å²) in [7, 11) is -0.478. The molecule has 0 saturated carbocycles. The predicted molar refractivity (Wildman–Crippen MR) is 115 cm³/mol. The second-order valence-electron chi connectivity index (χ2n) is 6.56. The molecule has 2 aromatic carbocycles. The highest BCUT2D eigenvalue weighted by molar-refractivity contribution is 7.94. The van der Waals surface area contributed by atoms with Gasteiger partial charge >= 0.3 is 0 Å². The van der Waals surface area contributed by atoms with Gasteiger partial charge in [0, 0.05) is 20.6 Å². The SMILES string of the molecule is CN(Cc1ccc(F)cc1)C(=O)COc1ccc(N(C)S(=O)(=O)c2cccs2)cc1. The van der Waals surface area contributed by atoms with Crippen molar-refractivity contribution in [3.63, 3.8) is 0 Å². The number of carbonyl (C=O) groups is 1. The highest BCUT2D eigenvalue weighted by atomic mass is 32.2. The molecular weight excluding hydrogens is 427 g/mol. The quantitative estimate of drug-likeness (QED) is 0.526. The first kappa shape index (κ1) is 21.8. The van der Waals surface area contributed by atoms with E-state index >= 15 is 0 Å². The van der Waals surface area contributed by atoms with Crippen LogP contribution in [0.4, 0.5) is 10.1 Å². The number of carbonyl (C=O) groups excluding carboxylic acids is 1. The first-order chi connectivity index (χ1) is 14.3. The Labute approximate surface area is 179 Å². The monoisotopic (exact) mass is 448 g/mol. The number of anilines is 1. The second kappa shape index (κ2) is 9.27. The lowest BCUT2D eigenvalue weighted by Gasteiger charge is -2.19. The van der Waals surface area contributed by atoms with Gasteiger partial charge in [-0.1, -0.05) is 18.2 Å². The van der Waals surface area contributed by atoms with E-state index in [4.69, 9.17) is 4.74 Å². The molecule has 1 amide bonds. The van der Waals surface area contributed by atoms with Crippen LogP contribution in [0.2, 0.25) is 0 Å². The number of rotatable bonds is 8. The van der Waals surface area contributed by atoms with Gasteiger partial charge in [-0.05, 0) is 53.4 Å². The molecule has 0 N–H and O–H groups in total. The van der Waals surface area contributed by atoms with Crippen molar-refractivity contribution in [1.29, 1.82) is 0 Å². The van der Waals surface area contributed by atoms with Gasteiger partial charge in [0.2, 0.25) is 0 Å². The summed E-state index contributed by atoms with van der Waals surface area (Å²) in [6.45, 7) is 0.174. The summed E-state index contributed by atoms with van der Waals surface area (Å²) in [4.78, 5) is 13.8. The zero-order valence-corrected chi connectivity index (χ0v) is 18.1. The number of hydrogen-bond acceptors (Lipinski definition) is 5. The lowest BCUT2D eigenvalue weighted by Crippen LogP contribution is -2.31. The molecule has 0 radical (unpaired) electrons. The number of hydrogen-bond donors (Lipinski definition) is 0. The van der Waals surface area contributed by atoms with Crippen molar-refractivity contribution in [2.75, 3.05) is 25.0 Å². The zero-order valence-electron chi connectivity index (χ0n) is 16.5.